The molecule has 7 heteroatoms. The number of alkyl carbamates (subject to hydrolysis) is 1. The molecule has 0 saturated heterocycles. The van der Waals surface area contributed by atoms with Crippen LogP contribution in [0.25, 0.3) is 11.1 Å². The Balaban J connectivity index is 1.51. The molecule has 32 heavy (non-hydrogen) atoms. The number of amides is 1. The maximum atomic E-state index is 12.7. The van der Waals surface area contributed by atoms with E-state index < -0.39 is 18.1 Å². The van der Waals surface area contributed by atoms with Crippen LogP contribution in [-0.4, -0.2) is 30.9 Å². The van der Waals surface area contributed by atoms with Crippen LogP contribution in [0, 0.1) is 0 Å². The van der Waals surface area contributed by atoms with E-state index in [1.54, 1.807) is 18.2 Å². The zero-order valence-corrected chi connectivity index (χ0v) is 18.1. The predicted molar refractivity (Wildman–Crippen MR) is 121 cm³/mol. The van der Waals surface area contributed by atoms with E-state index >= 15 is 0 Å². The van der Waals surface area contributed by atoms with Crippen LogP contribution in [0.3, 0.4) is 0 Å². The molecule has 0 bridgehead atoms. The molecule has 0 radical (unpaired) electrons. The second kappa shape index (κ2) is 9.32. The third kappa shape index (κ3) is 4.41. The Morgan fingerprint density at radius 3 is 2.25 bits per heavy atom. The van der Waals surface area contributed by atoms with Gasteiger partial charge < -0.3 is 19.9 Å². The van der Waals surface area contributed by atoms with Crippen molar-refractivity contribution in [2.75, 3.05) is 13.7 Å². The standard InChI is InChI=1S/C25H22ClNO5/c1-31-23-11-10-15(26)12-20(23)22(13-24(28)29)27-25(30)32-14-21-18-8-4-2-6-16(18)17-7-3-5-9-19(17)21/h2-12,21-22H,13-14H2,1H3,(H,27,30)(H,28,29)/t22-/m0/s1. The number of carboxylic acids is 1. The number of ether oxygens (including phenoxy) is 2. The molecular formula is C25H22ClNO5. The maximum absolute atomic E-state index is 12.7. The van der Waals surface area contributed by atoms with Crippen LogP contribution >= 0.6 is 11.6 Å². The summed E-state index contributed by atoms with van der Waals surface area (Å²) in [4.78, 5) is 24.1. The lowest BCUT2D eigenvalue weighted by Crippen LogP contribution is -2.32. The van der Waals surface area contributed by atoms with Crippen molar-refractivity contribution in [2.45, 2.75) is 18.4 Å². The number of carbonyl (C=O) groups excluding carboxylic acids is 1. The Kier molecular flexibility index (Phi) is 6.32. The van der Waals surface area contributed by atoms with Crippen molar-refractivity contribution < 1.29 is 24.2 Å². The molecule has 0 aliphatic heterocycles. The molecule has 4 rings (SSSR count). The normalized spacial score (nSPS) is 13.1. The molecule has 3 aromatic carbocycles. The Morgan fingerprint density at radius 2 is 1.66 bits per heavy atom. The van der Waals surface area contributed by atoms with Gasteiger partial charge in [0.25, 0.3) is 0 Å². The number of carboxylic acid groups (broad SMARTS) is 1. The van der Waals surface area contributed by atoms with Gasteiger partial charge in [0.1, 0.15) is 12.4 Å². The van der Waals surface area contributed by atoms with Crippen molar-refractivity contribution in [3.8, 4) is 16.9 Å². The minimum absolute atomic E-state index is 0.0909. The van der Waals surface area contributed by atoms with Gasteiger partial charge in [-0.25, -0.2) is 4.79 Å². The summed E-state index contributed by atoms with van der Waals surface area (Å²) < 4.78 is 10.9. The molecule has 2 N–H and O–H groups in total. The summed E-state index contributed by atoms with van der Waals surface area (Å²) in [5.41, 5.74) is 4.92. The highest BCUT2D eigenvalue weighted by atomic mass is 35.5. The summed E-state index contributed by atoms with van der Waals surface area (Å²) in [5, 5.41) is 12.4. The fourth-order valence-corrected chi connectivity index (χ4v) is 4.35. The first-order valence-electron chi connectivity index (χ1n) is 10.1. The van der Waals surface area contributed by atoms with Gasteiger partial charge in [0.15, 0.2) is 0 Å². The lowest BCUT2D eigenvalue weighted by Gasteiger charge is -2.21. The first-order valence-corrected chi connectivity index (χ1v) is 10.5. The highest BCUT2D eigenvalue weighted by molar-refractivity contribution is 6.30. The van der Waals surface area contributed by atoms with E-state index in [2.05, 4.69) is 17.4 Å². The molecule has 1 aliphatic carbocycles. The molecule has 164 valence electrons. The first kappa shape index (κ1) is 21.7. The van der Waals surface area contributed by atoms with Crippen LogP contribution in [-0.2, 0) is 9.53 Å². The van der Waals surface area contributed by atoms with Gasteiger partial charge in [-0.3, -0.25) is 4.79 Å². The quantitative estimate of drug-likeness (QED) is 0.502. The minimum atomic E-state index is -1.07. The van der Waals surface area contributed by atoms with Gasteiger partial charge in [-0.15, -0.1) is 0 Å². The number of fused-ring (bicyclic) bond motifs is 3. The number of halogens is 1. The number of hydrogen-bond donors (Lipinski definition) is 2. The number of aliphatic carboxylic acids is 1. The van der Waals surface area contributed by atoms with Crippen molar-refractivity contribution in [3.05, 3.63) is 88.4 Å². The van der Waals surface area contributed by atoms with Crippen LogP contribution in [0.2, 0.25) is 5.02 Å². The molecule has 0 spiro atoms. The van der Waals surface area contributed by atoms with Gasteiger partial charge in [0.2, 0.25) is 0 Å². The topological polar surface area (TPSA) is 84.9 Å². The smallest absolute Gasteiger partial charge is 0.407 e. The average Bonchev–Trinajstić information content (AvgIpc) is 3.11. The van der Waals surface area contributed by atoms with Crippen LogP contribution in [0.1, 0.15) is 35.1 Å². The Bertz CT molecular complexity index is 1120. The number of rotatable bonds is 7. The van der Waals surface area contributed by atoms with Crippen LogP contribution < -0.4 is 10.1 Å². The monoisotopic (exact) mass is 451 g/mol. The van der Waals surface area contributed by atoms with Crippen LogP contribution in [0.4, 0.5) is 4.79 Å². The van der Waals surface area contributed by atoms with Crippen molar-refractivity contribution >= 4 is 23.7 Å². The second-order valence-electron chi connectivity index (χ2n) is 7.51. The summed E-state index contributed by atoms with van der Waals surface area (Å²) in [7, 11) is 1.47. The fourth-order valence-electron chi connectivity index (χ4n) is 4.17. The van der Waals surface area contributed by atoms with E-state index in [-0.39, 0.29) is 18.9 Å². The van der Waals surface area contributed by atoms with Crippen molar-refractivity contribution in [1.29, 1.82) is 0 Å². The summed E-state index contributed by atoms with van der Waals surface area (Å²) in [6, 6.07) is 20.1. The van der Waals surface area contributed by atoms with Crippen LogP contribution in [0.15, 0.2) is 66.7 Å². The third-order valence-corrected chi connectivity index (χ3v) is 5.82. The number of carbonyl (C=O) groups is 2. The summed E-state index contributed by atoms with van der Waals surface area (Å²) in [5.74, 6) is -0.734. The molecule has 3 aromatic rings. The van der Waals surface area contributed by atoms with Gasteiger partial charge in [-0.2, -0.15) is 0 Å². The van der Waals surface area contributed by atoms with Gasteiger partial charge in [-0.05, 0) is 40.5 Å². The SMILES string of the molecule is COc1ccc(Cl)cc1[C@H](CC(=O)O)NC(=O)OCC1c2ccccc2-c2ccccc21. The average molecular weight is 452 g/mol. The Hall–Kier alpha value is -3.51. The lowest BCUT2D eigenvalue weighted by molar-refractivity contribution is -0.137. The Morgan fingerprint density at radius 1 is 1.03 bits per heavy atom. The molecule has 0 unspecified atom stereocenters. The van der Waals surface area contributed by atoms with Gasteiger partial charge in [0.05, 0.1) is 19.6 Å². The molecule has 1 atom stereocenters. The fraction of sp³-hybridized carbons (Fsp3) is 0.200. The van der Waals surface area contributed by atoms with Gasteiger partial charge in [-0.1, -0.05) is 60.1 Å². The number of benzene rings is 3. The molecule has 0 aromatic heterocycles. The molecule has 6 nitrogen and oxygen atoms in total. The zero-order valence-electron chi connectivity index (χ0n) is 17.4. The summed E-state index contributed by atoms with van der Waals surface area (Å²) in [6.07, 6.45) is -1.05. The van der Waals surface area contributed by atoms with E-state index in [1.807, 2.05) is 36.4 Å². The zero-order chi connectivity index (χ0) is 22.7. The lowest BCUT2D eigenvalue weighted by atomic mass is 9.98. The molecule has 0 heterocycles. The number of nitrogens with one attached hydrogen (secondary N) is 1. The minimum Gasteiger partial charge on any atom is -0.496 e. The molecular weight excluding hydrogens is 430 g/mol. The highest BCUT2D eigenvalue weighted by Gasteiger charge is 2.30. The first-order chi connectivity index (χ1) is 15.5. The van der Waals surface area contributed by atoms with E-state index in [9.17, 15) is 14.7 Å². The maximum Gasteiger partial charge on any atom is 0.407 e. The van der Waals surface area contributed by atoms with E-state index in [0.29, 0.717) is 16.3 Å². The van der Waals surface area contributed by atoms with E-state index in [4.69, 9.17) is 21.1 Å². The molecule has 0 fully saturated rings. The van der Waals surface area contributed by atoms with Gasteiger partial charge >= 0.3 is 12.1 Å². The number of hydrogen-bond acceptors (Lipinski definition) is 4. The van der Waals surface area contributed by atoms with E-state index in [0.717, 1.165) is 22.3 Å². The predicted octanol–water partition coefficient (Wildman–Crippen LogP) is 5.40. The molecule has 0 saturated carbocycles. The highest BCUT2D eigenvalue weighted by Crippen LogP contribution is 2.44. The van der Waals surface area contributed by atoms with Crippen molar-refractivity contribution in [1.82, 2.24) is 5.32 Å². The largest absolute Gasteiger partial charge is 0.496 e. The van der Waals surface area contributed by atoms with Crippen molar-refractivity contribution in [3.63, 3.8) is 0 Å². The molecule has 1 amide bonds. The van der Waals surface area contributed by atoms with Gasteiger partial charge in [0, 0.05) is 16.5 Å². The number of methoxy groups -OCH3 is 1. The second-order valence-corrected chi connectivity index (χ2v) is 7.94. The Labute approximate surface area is 190 Å². The summed E-state index contributed by atoms with van der Waals surface area (Å²) in [6.45, 7) is 0.131. The summed E-state index contributed by atoms with van der Waals surface area (Å²) >= 11 is 6.09. The molecule has 1 aliphatic rings. The van der Waals surface area contributed by atoms with Crippen LogP contribution in [0.5, 0.6) is 5.75 Å². The van der Waals surface area contributed by atoms with E-state index in [1.165, 1.54) is 7.11 Å². The van der Waals surface area contributed by atoms with Crippen molar-refractivity contribution in [2.24, 2.45) is 0 Å². The third-order valence-electron chi connectivity index (χ3n) is 5.58.